The van der Waals surface area contributed by atoms with Crippen LogP contribution in [0.2, 0.25) is 0 Å². The molecule has 0 bridgehead atoms. The van der Waals surface area contributed by atoms with Crippen LogP contribution < -0.4 is 5.73 Å². The van der Waals surface area contributed by atoms with E-state index in [-0.39, 0.29) is 0 Å². The Morgan fingerprint density at radius 3 is 3.18 bits per heavy atom. The van der Waals surface area contributed by atoms with E-state index in [0.717, 1.165) is 30.9 Å². The molecule has 0 saturated carbocycles. The zero-order chi connectivity index (χ0) is 7.84. The predicted molar refractivity (Wildman–Crippen MR) is 43.6 cm³/mol. The van der Waals surface area contributed by atoms with Crippen molar-refractivity contribution in [3.63, 3.8) is 0 Å². The fourth-order valence-electron chi connectivity index (χ4n) is 1.78. The highest BCUT2D eigenvalue weighted by atomic mass is 16.5. The van der Waals surface area contributed by atoms with E-state index in [2.05, 4.69) is 13.0 Å². The van der Waals surface area contributed by atoms with Crippen LogP contribution in [0.15, 0.2) is 23.1 Å². The van der Waals surface area contributed by atoms with Crippen LogP contribution in [0.1, 0.15) is 19.8 Å². The molecule has 2 heteroatoms. The zero-order valence-electron chi connectivity index (χ0n) is 6.76. The van der Waals surface area contributed by atoms with Gasteiger partial charge in [-0.2, -0.15) is 0 Å². The molecule has 11 heavy (non-hydrogen) atoms. The standard InChI is InChI=1S/C9H13NO/c1-6-5-11-8-4-2-3-7(10)9(6)8/h3,6H,2,4-5,10H2,1H3. The molecule has 1 atom stereocenters. The number of ether oxygens (including phenoxy) is 1. The number of hydrogen-bond donors (Lipinski definition) is 1. The summed E-state index contributed by atoms with van der Waals surface area (Å²) in [6, 6.07) is 0. The van der Waals surface area contributed by atoms with E-state index in [1.54, 1.807) is 0 Å². The van der Waals surface area contributed by atoms with Gasteiger partial charge in [0.05, 0.1) is 6.61 Å². The molecule has 1 heterocycles. The summed E-state index contributed by atoms with van der Waals surface area (Å²) in [6.45, 7) is 2.98. The fraction of sp³-hybridized carbons (Fsp3) is 0.556. The van der Waals surface area contributed by atoms with Crippen molar-refractivity contribution in [3.05, 3.63) is 23.1 Å². The Kier molecular flexibility index (Phi) is 1.41. The molecule has 1 unspecified atom stereocenters. The minimum Gasteiger partial charge on any atom is -0.497 e. The normalized spacial score (nSPS) is 29.5. The zero-order valence-corrected chi connectivity index (χ0v) is 6.76. The Hall–Kier alpha value is -0.920. The molecular weight excluding hydrogens is 138 g/mol. The lowest BCUT2D eigenvalue weighted by atomic mass is 9.94. The smallest absolute Gasteiger partial charge is 0.102 e. The molecule has 0 aromatic rings. The van der Waals surface area contributed by atoms with Gasteiger partial charge in [0.2, 0.25) is 0 Å². The lowest BCUT2D eigenvalue weighted by molar-refractivity contribution is 0.215. The highest BCUT2D eigenvalue weighted by Crippen LogP contribution is 2.34. The summed E-state index contributed by atoms with van der Waals surface area (Å²) < 4.78 is 5.50. The summed E-state index contributed by atoms with van der Waals surface area (Å²) in [4.78, 5) is 0. The first-order chi connectivity index (χ1) is 5.29. The van der Waals surface area contributed by atoms with Crippen molar-refractivity contribution in [1.82, 2.24) is 0 Å². The molecule has 1 aliphatic carbocycles. The van der Waals surface area contributed by atoms with Crippen molar-refractivity contribution in [3.8, 4) is 0 Å². The molecule has 2 nitrogen and oxygen atoms in total. The molecule has 0 fully saturated rings. The lowest BCUT2D eigenvalue weighted by Crippen LogP contribution is -2.10. The average molecular weight is 151 g/mol. The molecule has 2 N–H and O–H groups in total. The Bertz CT molecular complexity index is 240. The summed E-state index contributed by atoms with van der Waals surface area (Å²) >= 11 is 0. The second kappa shape index (κ2) is 2.29. The SMILES string of the molecule is CC1COC2=C1C(N)=CCC2. The Balaban J connectivity index is 2.36. The van der Waals surface area contributed by atoms with Crippen LogP contribution in [0.4, 0.5) is 0 Å². The van der Waals surface area contributed by atoms with Gasteiger partial charge in [0.15, 0.2) is 0 Å². The van der Waals surface area contributed by atoms with Gasteiger partial charge in [0, 0.05) is 23.6 Å². The molecule has 0 aromatic heterocycles. The van der Waals surface area contributed by atoms with E-state index in [0.29, 0.717) is 5.92 Å². The van der Waals surface area contributed by atoms with Crippen molar-refractivity contribution in [1.29, 1.82) is 0 Å². The number of nitrogens with two attached hydrogens (primary N) is 1. The van der Waals surface area contributed by atoms with E-state index in [1.807, 2.05) is 0 Å². The summed E-state index contributed by atoms with van der Waals surface area (Å²) in [5, 5.41) is 0. The summed E-state index contributed by atoms with van der Waals surface area (Å²) in [7, 11) is 0. The molecule has 0 amide bonds. The van der Waals surface area contributed by atoms with Crippen molar-refractivity contribution < 1.29 is 4.74 Å². The van der Waals surface area contributed by atoms with Gasteiger partial charge in [-0.1, -0.05) is 13.0 Å². The third-order valence-electron chi connectivity index (χ3n) is 2.35. The first-order valence-corrected chi connectivity index (χ1v) is 4.11. The summed E-state index contributed by atoms with van der Waals surface area (Å²) in [5.74, 6) is 1.64. The molecule has 2 rings (SSSR count). The van der Waals surface area contributed by atoms with Crippen LogP contribution in [-0.2, 0) is 4.74 Å². The van der Waals surface area contributed by atoms with Crippen LogP contribution in [0.25, 0.3) is 0 Å². The van der Waals surface area contributed by atoms with E-state index in [4.69, 9.17) is 10.5 Å². The van der Waals surface area contributed by atoms with Crippen molar-refractivity contribution >= 4 is 0 Å². The van der Waals surface area contributed by atoms with Gasteiger partial charge in [0.25, 0.3) is 0 Å². The van der Waals surface area contributed by atoms with Crippen LogP contribution in [0.5, 0.6) is 0 Å². The van der Waals surface area contributed by atoms with E-state index >= 15 is 0 Å². The third kappa shape index (κ3) is 0.934. The number of rotatable bonds is 0. The molecular formula is C9H13NO. The second-order valence-electron chi connectivity index (χ2n) is 3.25. The van der Waals surface area contributed by atoms with E-state index in [1.165, 1.54) is 5.57 Å². The van der Waals surface area contributed by atoms with Crippen LogP contribution >= 0.6 is 0 Å². The summed E-state index contributed by atoms with van der Waals surface area (Å²) in [6.07, 6.45) is 4.18. The topological polar surface area (TPSA) is 35.2 Å². The van der Waals surface area contributed by atoms with Gasteiger partial charge in [-0.25, -0.2) is 0 Å². The van der Waals surface area contributed by atoms with Gasteiger partial charge in [-0.05, 0) is 6.42 Å². The van der Waals surface area contributed by atoms with E-state index in [9.17, 15) is 0 Å². The maximum absolute atomic E-state index is 5.83. The van der Waals surface area contributed by atoms with Crippen LogP contribution in [-0.4, -0.2) is 6.61 Å². The van der Waals surface area contributed by atoms with Crippen LogP contribution in [0.3, 0.4) is 0 Å². The van der Waals surface area contributed by atoms with Crippen molar-refractivity contribution in [2.75, 3.05) is 6.61 Å². The maximum Gasteiger partial charge on any atom is 0.102 e. The monoisotopic (exact) mass is 151 g/mol. The highest BCUT2D eigenvalue weighted by molar-refractivity contribution is 5.37. The molecule has 2 aliphatic rings. The van der Waals surface area contributed by atoms with Gasteiger partial charge in [-0.15, -0.1) is 0 Å². The fourth-order valence-corrected chi connectivity index (χ4v) is 1.78. The van der Waals surface area contributed by atoms with Crippen molar-refractivity contribution in [2.24, 2.45) is 11.7 Å². The molecule has 60 valence electrons. The Labute approximate surface area is 66.7 Å². The van der Waals surface area contributed by atoms with Crippen molar-refractivity contribution in [2.45, 2.75) is 19.8 Å². The molecule has 1 aliphatic heterocycles. The molecule has 0 radical (unpaired) electrons. The highest BCUT2D eigenvalue weighted by Gasteiger charge is 2.26. The minimum absolute atomic E-state index is 0.501. The Morgan fingerprint density at radius 2 is 2.45 bits per heavy atom. The number of allylic oxidation sites excluding steroid dienone is 3. The quantitative estimate of drug-likeness (QED) is 0.570. The lowest BCUT2D eigenvalue weighted by Gasteiger charge is -2.12. The third-order valence-corrected chi connectivity index (χ3v) is 2.35. The van der Waals surface area contributed by atoms with Gasteiger partial charge >= 0.3 is 0 Å². The predicted octanol–water partition coefficient (Wildman–Crippen LogP) is 1.54. The molecule has 0 spiro atoms. The van der Waals surface area contributed by atoms with Gasteiger partial charge < -0.3 is 10.5 Å². The maximum atomic E-state index is 5.83. The molecule has 0 aromatic carbocycles. The first-order valence-electron chi connectivity index (χ1n) is 4.11. The second-order valence-corrected chi connectivity index (χ2v) is 3.25. The Morgan fingerprint density at radius 1 is 1.64 bits per heavy atom. The van der Waals surface area contributed by atoms with Crippen LogP contribution in [0, 0.1) is 5.92 Å². The molecule has 0 saturated heterocycles. The average Bonchev–Trinajstić information content (AvgIpc) is 2.34. The largest absolute Gasteiger partial charge is 0.497 e. The van der Waals surface area contributed by atoms with E-state index < -0.39 is 0 Å². The number of hydrogen-bond acceptors (Lipinski definition) is 2. The minimum atomic E-state index is 0.501. The van der Waals surface area contributed by atoms with Gasteiger partial charge in [-0.3, -0.25) is 0 Å². The first kappa shape index (κ1) is 6.77. The summed E-state index contributed by atoms with van der Waals surface area (Å²) in [5.41, 5.74) is 8.03. The van der Waals surface area contributed by atoms with Gasteiger partial charge in [0.1, 0.15) is 5.76 Å².